The van der Waals surface area contributed by atoms with E-state index in [2.05, 4.69) is 44.4 Å². The van der Waals surface area contributed by atoms with E-state index in [1.54, 1.807) is 6.20 Å². The van der Waals surface area contributed by atoms with Crippen LogP contribution in [-0.2, 0) is 4.79 Å². The highest BCUT2D eigenvalue weighted by atomic mass is 16.6. The maximum Gasteiger partial charge on any atom is 0.225 e. The molecule has 8 heteroatoms. The lowest BCUT2D eigenvalue weighted by Gasteiger charge is -2.30. The zero-order valence-corrected chi connectivity index (χ0v) is 21.0. The van der Waals surface area contributed by atoms with Gasteiger partial charge in [-0.1, -0.05) is 18.2 Å². The summed E-state index contributed by atoms with van der Waals surface area (Å²) >= 11 is 0. The first-order valence-corrected chi connectivity index (χ1v) is 13.3. The number of carbonyl (C=O) groups excluding carboxylic acids is 1. The number of nitrogens with one attached hydrogen (secondary N) is 1. The van der Waals surface area contributed by atoms with E-state index < -0.39 is 12.1 Å². The highest BCUT2D eigenvalue weighted by molar-refractivity contribution is 5.83. The van der Waals surface area contributed by atoms with Crippen LogP contribution in [0, 0.1) is 5.92 Å². The molecule has 0 aliphatic carbocycles. The Hall–Kier alpha value is -3.36. The number of aliphatic hydroxyl groups is 1. The van der Waals surface area contributed by atoms with Crippen molar-refractivity contribution in [1.29, 1.82) is 0 Å². The molecule has 2 aromatic carbocycles. The Bertz CT molecular complexity index is 1260. The van der Waals surface area contributed by atoms with E-state index in [1.165, 1.54) is 0 Å². The predicted octanol–water partition coefficient (Wildman–Crippen LogP) is 3.15. The summed E-state index contributed by atoms with van der Waals surface area (Å²) in [6.07, 6.45) is 4.05. The third-order valence-corrected chi connectivity index (χ3v) is 7.78. The van der Waals surface area contributed by atoms with Gasteiger partial charge in [0.1, 0.15) is 19.3 Å². The molecule has 3 aliphatic rings. The van der Waals surface area contributed by atoms with E-state index >= 15 is 0 Å². The number of carbonyl (C=O) groups is 1. The van der Waals surface area contributed by atoms with Gasteiger partial charge in [0.2, 0.25) is 5.91 Å². The van der Waals surface area contributed by atoms with Crippen molar-refractivity contribution in [1.82, 2.24) is 15.2 Å². The number of rotatable bonds is 7. The van der Waals surface area contributed by atoms with E-state index in [0.29, 0.717) is 37.8 Å². The highest BCUT2D eigenvalue weighted by Gasteiger charge is 2.33. The minimum absolute atomic E-state index is 0.00204. The van der Waals surface area contributed by atoms with E-state index in [4.69, 9.17) is 9.47 Å². The molecule has 2 fully saturated rings. The van der Waals surface area contributed by atoms with Gasteiger partial charge in [-0.2, -0.15) is 0 Å². The molecule has 37 heavy (non-hydrogen) atoms. The number of aromatic nitrogens is 1. The minimum Gasteiger partial charge on any atom is -0.486 e. The average molecular weight is 503 g/mol. The van der Waals surface area contributed by atoms with Crippen LogP contribution in [0.25, 0.3) is 10.9 Å². The van der Waals surface area contributed by atoms with Gasteiger partial charge in [0, 0.05) is 36.9 Å². The summed E-state index contributed by atoms with van der Waals surface area (Å²) in [7, 11) is 0. The van der Waals surface area contributed by atoms with Crippen molar-refractivity contribution in [2.24, 2.45) is 5.92 Å². The Kier molecular flexibility index (Phi) is 6.85. The summed E-state index contributed by atoms with van der Waals surface area (Å²) in [4.78, 5) is 22.5. The largest absolute Gasteiger partial charge is 0.486 e. The van der Waals surface area contributed by atoms with Gasteiger partial charge in [0.25, 0.3) is 0 Å². The van der Waals surface area contributed by atoms with Gasteiger partial charge in [-0.15, -0.1) is 0 Å². The molecular formula is C29H34N4O4. The van der Waals surface area contributed by atoms with Crippen LogP contribution in [0.5, 0.6) is 11.5 Å². The molecule has 0 spiro atoms. The molecule has 194 valence electrons. The van der Waals surface area contributed by atoms with Crippen LogP contribution in [0.3, 0.4) is 0 Å². The Morgan fingerprint density at radius 3 is 2.76 bits per heavy atom. The summed E-state index contributed by atoms with van der Waals surface area (Å²) in [5, 5.41) is 15.7. The zero-order valence-electron chi connectivity index (χ0n) is 21.0. The number of nitrogens with zero attached hydrogens (tertiary/aromatic N) is 3. The number of ether oxygens (including phenoxy) is 2. The standard InChI is InChI=1S/C29H34N4O4/c34-28(21-6-8-26-27(16-21)37-15-14-36-26)25(19-32-11-1-2-12-32)31-29(35)22-9-13-33(18-22)23-7-5-20-4-3-10-30-24(20)17-23/h3-8,10,16-17,22,25,28,34H,1-2,9,11-15,18-19H2,(H,31,35)/t22-,25-,28-/m1/s1. The Morgan fingerprint density at radius 2 is 1.89 bits per heavy atom. The van der Waals surface area contributed by atoms with E-state index in [9.17, 15) is 9.90 Å². The third-order valence-electron chi connectivity index (χ3n) is 7.78. The fraction of sp³-hybridized carbons (Fsp3) is 0.448. The number of anilines is 1. The Balaban J connectivity index is 1.15. The average Bonchev–Trinajstić information content (AvgIpc) is 3.64. The minimum atomic E-state index is -0.843. The smallest absolute Gasteiger partial charge is 0.225 e. The van der Waals surface area contributed by atoms with Crippen LogP contribution in [0.1, 0.15) is 30.9 Å². The van der Waals surface area contributed by atoms with Crippen LogP contribution < -0.4 is 19.7 Å². The van der Waals surface area contributed by atoms with Crippen LogP contribution in [0.2, 0.25) is 0 Å². The molecule has 3 aromatic rings. The number of hydrogen-bond acceptors (Lipinski definition) is 7. The Labute approximate surface area is 217 Å². The first kappa shape index (κ1) is 24.0. The molecular weight excluding hydrogens is 468 g/mol. The SMILES string of the molecule is O=C(N[C@H](CN1CCCC1)[C@H](O)c1ccc2c(c1)OCCO2)[C@@H]1CCN(c2ccc3cccnc3c2)C1. The maximum atomic E-state index is 13.5. The molecule has 8 nitrogen and oxygen atoms in total. The number of likely N-dealkylation sites (tertiary alicyclic amines) is 1. The van der Waals surface area contributed by atoms with Gasteiger partial charge < -0.3 is 29.7 Å². The van der Waals surface area contributed by atoms with E-state index in [0.717, 1.165) is 61.1 Å². The molecule has 2 saturated heterocycles. The fourth-order valence-electron chi connectivity index (χ4n) is 5.70. The molecule has 0 radical (unpaired) electrons. The summed E-state index contributed by atoms with van der Waals surface area (Å²) < 4.78 is 11.4. The molecule has 1 amide bonds. The lowest BCUT2D eigenvalue weighted by atomic mass is 9.99. The second-order valence-corrected chi connectivity index (χ2v) is 10.3. The monoisotopic (exact) mass is 502 g/mol. The number of aliphatic hydroxyl groups excluding tert-OH is 1. The summed E-state index contributed by atoms with van der Waals surface area (Å²) in [5.74, 6) is 1.21. The number of fused-ring (bicyclic) bond motifs is 2. The molecule has 0 saturated carbocycles. The third kappa shape index (κ3) is 5.22. The van der Waals surface area contributed by atoms with Crippen LogP contribution in [0.4, 0.5) is 5.69 Å². The van der Waals surface area contributed by atoms with Crippen molar-refractivity contribution < 1.29 is 19.4 Å². The first-order valence-electron chi connectivity index (χ1n) is 13.3. The summed E-state index contributed by atoms with van der Waals surface area (Å²) in [6, 6.07) is 15.4. The van der Waals surface area contributed by atoms with Crippen LogP contribution in [0.15, 0.2) is 54.7 Å². The number of pyridine rings is 1. The normalized spacial score (nSPS) is 21.2. The Morgan fingerprint density at radius 1 is 1.05 bits per heavy atom. The topological polar surface area (TPSA) is 87.2 Å². The van der Waals surface area contributed by atoms with Gasteiger partial charge in [-0.3, -0.25) is 9.78 Å². The zero-order chi connectivity index (χ0) is 25.2. The van der Waals surface area contributed by atoms with Gasteiger partial charge in [-0.25, -0.2) is 0 Å². The fourth-order valence-corrected chi connectivity index (χ4v) is 5.70. The second-order valence-electron chi connectivity index (χ2n) is 10.3. The molecule has 3 aliphatic heterocycles. The molecule has 4 heterocycles. The summed E-state index contributed by atoms with van der Waals surface area (Å²) in [5.41, 5.74) is 2.78. The van der Waals surface area contributed by atoms with Crippen molar-refractivity contribution in [2.45, 2.75) is 31.4 Å². The number of benzene rings is 2. The lowest BCUT2D eigenvalue weighted by Crippen LogP contribution is -2.48. The van der Waals surface area contributed by atoms with E-state index in [1.807, 2.05) is 24.3 Å². The van der Waals surface area contributed by atoms with Crippen molar-refractivity contribution >= 4 is 22.5 Å². The highest BCUT2D eigenvalue weighted by Crippen LogP contribution is 2.34. The van der Waals surface area contributed by atoms with Crippen LogP contribution >= 0.6 is 0 Å². The number of amides is 1. The van der Waals surface area contributed by atoms with E-state index in [-0.39, 0.29) is 11.8 Å². The van der Waals surface area contributed by atoms with Gasteiger partial charge >= 0.3 is 0 Å². The van der Waals surface area contributed by atoms with Crippen molar-refractivity contribution in [3.05, 3.63) is 60.3 Å². The predicted molar refractivity (Wildman–Crippen MR) is 142 cm³/mol. The first-order chi connectivity index (χ1) is 18.1. The van der Waals surface area contributed by atoms with Crippen molar-refractivity contribution in [3.63, 3.8) is 0 Å². The number of hydrogen-bond donors (Lipinski definition) is 2. The van der Waals surface area contributed by atoms with Gasteiger partial charge in [0.15, 0.2) is 11.5 Å². The lowest BCUT2D eigenvalue weighted by molar-refractivity contribution is -0.126. The molecule has 2 N–H and O–H groups in total. The van der Waals surface area contributed by atoms with Crippen molar-refractivity contribution in [2.75, 3.05) is 50.8 Å². The molecule has 0 unspecified atom stereocenters. The van der Waals surface area contributed by atoms with Gasteiger partial charge in [0.05, 0.1) is 17.5 Å². The quantitative estimate of drug-likeness (QED) is 0.513. The molecule has 6 rings (SSSR count). The van der Waals surface area contributed by atoms with Gasteiger partial charge in [-0.05, 0) is 68.2 Å². The molecule has 0 bridgehead atoms. The molecule has 3 atom stereocenters. The maximum absolute atomic E-state index is 13.5. The molecule has 1 aromatic heterocycles. The second kappa shape index (κ2) is 10.6. The summed E-state index contributed by atoms with van der Waals surface area (Å²) in [6.45, 7) is 5.09. The van der Waals surface area contributed by atoms with Crippen molar-refractivity contribution in [3.8, 4) is 11.5 Å². The van der Waals surface area contributed by atoms with Crippen LogP contribution in [-0.4, -0.2) is 72.9 Å².